The van der Waals surface area contributed by atoms with Gasteiger partial charge in [0.25, 0.3) is 0 Å². The Morgan fingerprint density at radius 2 is 1.00 bits per heavy atom. The molecule has 1 nitrogen and oxygen atoms in total. The van der Waals surface area contributed by atoms with Gasteiger partial charge in [-0.3, -0.25) is 0 Å². The Kier molecular flexibility index (Phi) is 15.9. The van der Waals surface area contributed by atoms with Crippen molar-refractivity contribution in [3.63, 3.8) is 0 Å². The third-order valence-electron chi connectivity index (χ3n) is 4.95. The molecule has 140 valence electrons. The first-order valence-corrected chi connectivity index (χ1v) is 12.9. The molecule has 23 heavy (non-hydrogen) atoms. The molecule has 0 atom stereocenters. The minimum absolute atomic E-state index is 0.692. The van der Waals surface area contributed by atoms with Crippen LogP contribution in [0.3, 0.4) is 0 Å². The van der Waals surface area contributed by atoms with E-state index in [0.717, 1.165) is 24.9 Å². The average molecular weight is 345 g/mol. The fourth-order valence-electron chi connectivity index (χ4n) is 3.19. The number of hydrogen-bond donors (Lipinski definition) is 0. The molecule has 0 aromatic heterocycles. The van der Waals surface area contributed by atoms with E-state index in [4.69, 9.17) is 0 Å². The summed E-state index contributed by atoms with van der Waals surface area (Å²) >= 11 is 0. The van der Waals surface area contributed by atoms with E-state index in [1.165, 1.54) is 77.0 Å². The zero-order valence-corrected chi connectivity index (χ0v) is 17.6. The van der Waals surface area contributed by atoms with Crippen molar-refractivity contribution in [3.05, 3.63) is 0 Å². The number of unbranched alkanes of at least 4 members (excludes halogenated alkanes) is 10. The molecule has 0 aliphatic rings. The summed E-state index contributed by atoms with van der Waals surface area (Å²) in [6, 6.07) is 0. The van der Waals surface area contributed by atoms with Crippen LogP contribution in [0.5, 0.6) is 0 Å². The largest absolute Gasteiger partial charge is 0.324 e. The van der Waals surface area contributed by atoms with E-state index in [2.05, 4.69) is 27.7 Å². The molecular formula is C21H45OP. The first-order chi connectivity index (χ1) is 11.0. The average Bonchev–Trinajstić information content (AvgIpc) is 2.52. The molecule has 0 bridgehead atoms. The Hall–Kier alpha value is 0.230. The second kappa shape index (κ2) is 15.7. The van der Waals surface area contributed by atoms with Crippen LogP contribution in [-0.2, 0) is 4.57 Å². The molecule has 0 spiro atoms. The Morgan fingerprint density at radius 3 is 1.39 bits per heavy atom. The normalized spacial score (nSPS) is 12.2. The number of hydrogen-bond acceptors (Lipinski definition) is 1. The highest BCUT2D eigenvalue weighted by atomic mass is 31.2. The van der Waals surface area contributed by atoms with Gasteiger partial charge < -0.3 is 4.57 Å². The first-order valence-electron chi connectivity index (χ1n) is 10.6. The molecule has 0 aromatic rings. The maximum absolute atomic E-state index is 13.3. The second-order valence-corrected chi connectivity index (χ2v) is 11.4. The van der Waals surface area contributed by atoms with Crippen molar-refractivity contribution in [2.45, 2.75) is 111 Å². The summed E-state index contributed by atoms with van der Waals surface area (Å²) < 4.78 is 13.3. The summed E-state index contributed by atoms with van der Waals surface area (Å²) in [4.78, 5) is 0. The molecule has 0 aliphatic carbocycles. The van der Waals surface area contributed by atoms with Gasteiger partial charge >= 0.3 is 0 Å². The van der Waals surface area contributed by atoms with Crippen molar-refractivity contribution < 1.29 is 4.57 Å². The summed E-state index contributed by atoms with van der Waals surface area (Å²) in [7, 11) is -1.88. The molecule has 0 radical (unpaired) electrons. The van der Waals surface area contributed by atoms with E-state index in [9.17, 15) is 4.57 Å². The zero-order valence-electron chi connectivity index (χ0n) is 16.7. The lowest BCUT2D eigenvalue weighted by Gasteiger charge is -2.19. The SMILES string of the molecule is CCCCCCCCP(=O)(CCCCCCCC)CCC(C)C. The van der Waals surface area contributed by atoms with Crippen LogP contribution < -0.4 is 0 Å². The van der Waals surface area contributed by atoms with E-state index < -0.39 is 7.14 Å². The predicted molar refractivity (Wildman–Crippen MR) is 108 cm³/mol. The summed E-state index contributed by atoms with van der Waals surface area (Å²) in [5.41, 5.74) is 0. The van der Waals surface area contributed by atoms with Crippen molar-refractivity contribution in [3.8, 4) is 0 Å². The van der Waals surface area contributed by atoms with Crippen LogP contribution >= 0.6 is 7.14 Å². The summed E-state index contributed by atoms with van der Waals surface area (Å²) in [5, 5.41) is 0. The molecular weight excluding hydrogens is 299 g/mol. The molecule has 0 aliphatic heterocycles. The van der Waals surface area contributed by atoms with E-state index in [0.29, 0.717) is 5.92 Å². The quantitative estimate of drug-likeness (QED) is 0.192. The third kappa shape index (κ3) is 15.5. The van der Waals surface area contributed by atoms with Gasteiger partial charge in [-0.15, -0.1) is 0 Å². The first kappa shape index (κ1) is 23.2. The van der Waals surface area contributed by atoms with Gasteiger partial charge in [-0.25, -0.2) is 0 Å². The van der Waals surface area contributed by atoms with Gasteiger partial charge in [-0.1, -0.05) is 91.9 Å². The van der Waals surface area contributed by atoms with Crippen molar-refractivity contribution in [1.29, 1.82) is 0 Å². The van der Waals surface area contributed by atoms with Crippen LogP contribution in [-0.4, -0.2) is 18.5 Å². The van der Waals surface area contributed by atoms with Gasteiger partial charge in [0.2, 0.25) is 0 Å². The Morgan fingerprint density at radius 1 is 0.609 bits per heavy atom. The van der Waals surface area contributed by atoms with Crippen molar-refractivity contribution in [1.82, 2.24) is 0 Å². The predicted octanol–water partition coefficient (Wildman–Crippen LogP) is 8.12. The van der Waals surface area contributed by atoms with Crippen molar-refractivity contribution in [2.75, 3.05) is 18.5 Å². The second-order valence-electron chi connectivity index (χ2n) is 7.95. The van der Waals surface area contributed by atoms with Crippen LogP contribution in [0.4, 0.5) is 0 Å². The van der Waals surface area contributed by atoms with Crippen molar-refractivity contribution in [2.24, 2.45) is 5.92 Å². The lowest BCUT2D eigenvalue weighted by molar-refractivity contribution is 0.549. The van der Waals surface area contributed by atoms with Gasteiger partial charge in [0.15, 0.2) is 0 Å². The molecule has 0 rings (SSSR count). The fraction of sp³-hybridized carbons (Fsp3) is 1.00. The molecule has 0 unspecified atom stereocenters. The van der Waals surface area contributed by atoms with Crippen LogP contribution in [0.1, 0.15) is 111 Å². The molecule has 0 heterocycles. The third-order valence-corrected chi connectivity index (χ3v) is 8.29. The maximum atomic E-state index is 13.3. The van der Waals surface area contributed by atoms with E-state index in [1.807, 2.05) is 0 Å². The standard InChI is InChI=1S/C21H45OP/c1-5-7-9-11-13-15-18-23(22,20-17-21(3)4)19-16-14-12-10-8-6-2/h21H,5-20H2,1-4H3. The highest BCUT2D eigenvalue weighted by Crippen LogP contribution is 2.48. The Balaban J connectivity index is 4.01. The van der Waals surface area contributed by atoms with Crippen LogP contribution in [0.25, 0.3) is 0 Å². The van der Waals surface area contributed by atoms with Gasteiger partial charge in [-0.05, 0) is 25.2 Å². The van der Waals surface area contributed by atoms with Crippen LogP contribution in [0, 0.1) is 5.92 Å². The van der Waals surface area contributed by atoms with Crippen LogP contribution in [0.15, 0.2) is 0 Å². The topological polar surface area (TPSA) is 17.1 Å². The molecule has 0 aromatic carbocycles. The lowest BCUT2D eigenvalue weighted by Crippen LogP contribution is -2.04. The van der Waals surface area contributed by atoms with Gasteiger partial charge in [0, 0.05) is 18.5 Å². The summed E-state index contributed by atoms with van der Waals surface area (Å²) in [6.45, 7) is 9.06. The summed E-state index contributed by atoms with van der Waals surface area (Å²) in [6.07, 6.45) is 20.0. The molecule has 2 heteroatoms. The molecule has 0 N–H and O–H groups in total. The maximum Gasteiger partial charge on any atom is 0.0877 e. The number of rotatable bonds is 17. The van der Waals surface area contributed by atoms with E-state index in [-0.39, 0.29) is 0 Å². The smallest absolute Gasteiger partial charge is 0.0877 e. The molecule has 0 fully saturated rings. The highest BCUT2D eigenvalue weighted by Gasteiger charge is 2.21. The molecule has 0 amide bonds. The van der Waals surface area contributed by atoms with E-state index in [1.54, 1.807) is 0 Å². The molecule has 0 saturated carbocycles. The van der Waals surface area contributed by atoms with E-state index >= 15 is 0 Å². The lowest BCUT2D eigenvalue weighted by atomic mass is 10.1. The van der Waals surface area contributed by atoms with Crippen LogP contribution in [0.2, 0.25) is 0 Å². The molecule has 0 saturated heterocycles. The van der Waals surface area contributed by atoms with Crippen molar-refractivity contribution >= 4 is 7.14 Å². The highest BCUT2D eigenvalue weighted by molar-refractivity contribution is 7.63. The van der Waals surface area contributed by atoms with Gasteiger partial charge in [0.05, 0.1) is 7.14 Å². The monoisotopic (exact) mass is 344 g/mol. The van der Waals surface area contributed by atoms with Gasteiger partial charge in [0.1, 0.15) is 0 Å². The minimum atomic E-state index is -1.88. The minimum Gasteiger partial charge on any atom is -0.324 e. The fourth-order valence-corrected chi connectivity index (χ4v) is 6.45. The zero-order chi connectivity index (χ0) is 17.4. The Labute approximate surface area is 147 Å². The van der Waals surface area contributed by atoms with Gasteiger partial charge in [-0.2, -0.15) is 0 Å². The Bertz CT molecular complexity index is 266. The summed E-state index contributed by atoms with van der Waals surface area (Å²) in [5.74, 6) is 0.692.